The van der Waals surface area contributed by atoms with E-state index in [1.807, 2.05) is 78.7 Å². The lowest BCUT2D eigenvalue weighted by molar-refractivity contribution is -0.120. The van der Waals surface area contributed by atoms with Crippen LogP contribution >= 0.6 is 68.8 Å². The third-order valence-electron chi connectivity index (χ3n) is 16.1. The van der Waals surface area contributed by atoms with Gasteiger partial charge in [0.1, 0.15) is 35.6 Å². The first-order chi connectivity index (χ1) is 45.1. The number of nitrogens with zero attached hydrogens (tertiary/aromatic N) is 9. The lowest BCUT2D eigenvalue weighted by Gasteiger charge is -2.35. The van der Waals surface area contributed by atoms with E-state index in [-0.39, 0.29) is 51.4 Å². The number of thiophene rings is 3. The molecule has 6 aromatic heterocycles. The zero-order valence-corrected chi connectivity index (χ0v) is 59.6. The SMILES string of the molecule is Cc1sc(C2CC(C(=O)Nc3ccc(F)c(Cl)c3)N(C)S(=O)(=O)N2)cc1-c1cnn(C)c1.Cc1sc([C@@H]2C[C@H](C(=O)Nc3ccc(F)c(Cl)c3)N(C)S(=O)(=O)N2)cc1-c1cnn(C)c1.Cc1sc([C@H]2C[C@@H](C(=O)Nc3ccc(F)c(Cl)c3)N(C)S(=O)(=O)N2)cc1-c1cnn(C)c1. The van der Waals surface area contributed by atoms with Crippen LogP contribution in [0.2, 0.25) is 15.1 Å². The Hall–Kier alpha value is -6.93. The van der Waals surface area contributed by atoms with Crippen LogP contribution in [0.4, 0.5) is 30.2 Å². The number of amides is 3. The molecular weight excluding hydrogens is 1430 g/mol. The van der Waals surface area contributed by atoms with Gasteiger partial charge in [-0.2, -0.15) is 67.6 Å². The average molecular weight is 1490 g/mol. The number of aromatic nitrogens is 6. The maximum absolute atomic E-state index is 13.4. The van der Waals surface area contributed by atoms with Crippen LogP contribution in [0.3, 0.4) is 0 Å². The highest BCUT2D eigenvalue weighted by molar-refractivity contribution is 7.87. The van der Waals surface area contributed by atoms with E-state index >= 15 is 0 Å². The van der Waals surface area contributed by atoms with Crippen molar-refractivity contribution in [2.75, 3.05) is 37.1 Å². The number of likely N-dealkylation sites (N-methyl/N-ethyl adjacent to an activating group) is 3. The Bertz CT molecular complexity index is 4340. The van der Waals surface area contributed by atoms with E-state index < -0.39 is 102 Å². The van der Waals surface area contributed by atoms with Crippen LogP contribution in [0.5, 0.6) is 0 Å². The number of benzene rings is 3. The minimum absolute atomic E-state index is 0.135. The first kappa shape index (κ1) is 71.8. The number of hydrogen-bond acceptors (Lipinski definition) is 15. The molecule has 0 aliphatic carbocycles. The monoisotopic (exact) mass is 1490 g/mol. The van der Waals surface area contributed by atoms with Gasteiger partial charge in [-0.05, 0) is 130 Å². The maximum Gasteiger partial charge on any atom is 0.280 e. The highest BCUT2D eigenvalue weighted by Crippen LogP contribution is 2.42. The minimum atomic E-state index is -3.90. The number of anilines is 3. The fraction of sp³-hybridized carbons (Fsp3) is 0.300. The summed E-state index contributed by atoms with van der Waals surface area (Å²) in [6, 6.07) is 12.6. The van der Waals surface area contributed by atoms with Crippen LogP contribution in [0.1, 0.15) is 66.7 Å². The molecule has 2 unspecified atom stereocenters. The highest BCUT2D eigenvalue weighted by atomic mass is 35.5. The number of halogens is 6. The molecule has 0 spiro atoms. The second-order valence-corrected chi connectivity index (χ2v) is 33.1. The topological polar surface area (TPSA) is 289 Å². The molecule has 9 heterocycles. The van der Waals surface area contributed by atoms with Crippen LogP contribution in [0.15, 0.2) is 110 Å². The van der Waals surface area contributed by atoms with Crippen molar-refractivity contribution < 1.29 is 52.8 Å². The van der Waals surface area contributed by atoms with E-state index in [1.165, 1.54) is 91.6 Å². The van der Waals surface area contributed by atoms with E-state index in [0.717, 1.165) is 93.8 Å². The number of hydrogen-bond donors (Lipinski definition) is 6. The second-order valence-electron chi connectivity index (χ2n) is 22.7. The molecular formula is C60H63Cl3F3N15O9S6. The first-order valence-corrected chi connectivity index (χ1v) is 36.9. The predicted octanol–water partition coefficient (Wildman–Crippen LogP) is 10.4. The van der Waals surface area contributed by atoms with E-state index in [9.17, 15) is 52.8 Å². The van der Waals surface area contributed by atoms with Gasteiger partial charge in [0.25, 0.3) is 30.6 Å². The Balaban J connectivity index is 0.000000157. The number of rotatable bonds is 12. The fourth-order valence-corrected chi connectivity index (χ4v) is 18.8. The van der Waals surface area contributed by atoms with Gasteiger partial charge in [-0.3, -0.25) is 28.4 Å². The average Bonchev–Trinajstić information content (AvgIpc) is 1.45. The van der Waals surface area contributed by atoms with Gasteiger partial charge in [0.05, 0.1) is 51.8 Å². The molecule has 0 bridgehead atoms. The lowest BCUT2D eigenvalue weighted by atomic mass is 10.0. The van der Waals surface area contributed by atoms with Crippen molar-refractivity contribution in [1.82, 2.24) is 56.4 Å². The van der Waals surface area contributed by atoms with Gasteiger partial charge < -0.3 is 16.0 Å². The highest BCUT2D eigenvalue weighted by Gasteiger charge is 2.44. The van der Waals surface area contributed by atoms with Crippen molar-refractivity contribution in [2.45, 2.75) is 76.3 Å². The standard InChI is InChI=1S/3C20H21ClFN5O3S2/c3*1-11-14(12-9-23-26(2)10-12)7-19(31-11)17-8-18(27(3)32(29,30)25-17)20(28)24-13-4-5-16(22)15(21)6-13/h3*4-7,9-10,17-18,25H,8H2,1-3H3,(H,24,28)/t2*17-,18+;/m10./s1. The molecule has 3 aromatic carbocycles. The van der Waals surface area contributed by atoms with Crippen LogP contribution in [0, 0.1) is 38.2 Å². The third-order valence-corrected chi connectivity index (χ3v) is 25.2. The Morgan fingerprint density at radius 1 is 0.448 bits per heavy atom. The van der Waals surface area contributed by atoms with Gasteiger partial charge in [-0.1, -0.05) is 34.8 Å². The Labute approximate surface area is 578 Å². The maximum atomic E-state index is 13.4. The number of nitrogens with one attached hydrogen (secondary N) is 6. The molecule has 3 saturated heterocycles. The summed E-state index contributed by atoms with van der Waals surface area (Å²) >= 11 is 21.8. The van der Waals surface area contributed by atoms with E-state index in [1.54, 1.807) is 32.6 Å². The summed E-state index contributed by atoms with van der Waals surface area (Å²) < 4.78 is 133. The molecule has 24 nitrogen and oxygen atoms in total. The van der Waals surface area contributed by atoms with E-state index in [0.29, 0.717) is 0 Å². The Morgan fingerprint density at radius 3 is 0.917 bits per heavy atom. The van der Waals surface area contributed by atoms with Gasteiger partial charge in [0.2, 0.25) is 17.7 Å². The molecule has 0 radical (unpaired) electrons. The summed E-state index contributed by atoms with van der Waals surface area (Å²) in [7, 11) is -2.16. The summed E-state index contributed by atoms with van der Waals surface area (Å²) in [6.07, 6.45) is 11.6. The van der Waals surface area contributed by atoms with Crippen molar-refractivity contribution in [1.29, 1.82) is 0 Å². The summed E-state index contributed by atoms with van der Waals surface area (Å²) in [5.74, 6) is -3.39. The molecule has 6 N–H and O–H groups in total. The third kappa shape index (κ3) is 16.1. The van der Waals surface area contributed by atoms with Gasteiger partial charge in [0, 0.05) is 124 Å². The summed E-state index contributed by atoms with van der Waals surface area (Å²) in [4.78, 5) is 44.3. The van der Waals surface area contributed by atoms with Crippen molar-refractivity contribution >= 4 is 134 Å². The molecule has 9 aromatic rings. The van der Waals surface area contributed by atoms with Crippen LogP contribution < -0.4 is 30.1 Å². The molecule has 3 aliphatic rings. The molecule has 12 rings (SSSR count). The van der Waals surface area contributed by atoms with Gasteiger partial charge in [0.15, 0.2) is 0 Å². The number of carbonyl (C=O) groups excluding carboxylic acids is 3. The van der Waals surface area contributed by atoms with Crippen molar-refractivity contribution in [2.24, 2.45) is 21.1 Å². The lowest BCUT2D eigenvalue weighted by Crippen LogP contribution is -2.55. The number of carbonyl (C=O) groups is 3. The van der Waals surface area contributed by atoms with E-state index in [4.69, 9.17) is 34.8 Å². The smallest absolute Gasteiger partial charge is 0.280 e. The van der Waals surface area contributed by atoms with E-state index in [2.05, 4.69) is 45.4 Å². The van der Waals surface area contributed by atoms with Crippen LogP contribution in [0.25, 0.3) is 33.4 Å². The van der Waals surface area contributed by atoms with Crippen molar-refractivity contribution in [3.63, 3.8) is 0 Å². The molecule has 6 atom stereocenters. The van der Waals surface area contributed by atoms with Gasteiger partial charge in [-0.25, -0.2) is 13.2 Å². The first-order valence-electron chi connectivity index (χ1n) is 29.0. The quantitative estimate of drug-likeness (QED) is 0.0666. The largest absolute Gasteiger partial charge is 0.325 e. The zero-order chi connectivity index (χ0) is 69.6. The zero-order valence-electron chi connectivity index (χ0n) is 52.4. The normalized spacial score (nSPS) is 20.9. The molecule has 36 heteroatoms. The minimum Gasteiger partial charge on any atom is -0.325 e. The molecule has 0 saturated carbocycles. The van der Waals surface area contributed by atoms with Crippen LogP contribution in [-0.4, -0.2) is 125 Å². The molecule has 96 heavy (non-hydrogen) atoms. The fourth-order valence-electron chi connectivity index (χ4n) is 10.9. The summed E-state index contributed by atoms with van der Waals surface area (Å²) in [5, 5.41) is 20.1. The van der Waals surface area contributed by atoms with Crippen LogP contribution in [-0.2, 0) is 66.2 Å². The van der Waals surface area contributed by atoms with Crippen molar-refractivity contribution in [3.05, 3.63) is 172 Å². The molecule has 510 valence electrons. The Kier molecular flexibility index (Phi) is 21.6. The number of aryl methyl sites for hydroxylation is 6. The van der Waals surface area contributed by atoms with Gasteiger partial charge in [-0.15, -0.1) is 34.0 Å². The summed E-state index contributed by atoms with van der Waals surface area (Å²) in [6.45, 7) is 5.88. The van der Waals surface area contributed by atoms with Crippen molar-refractivity contribution in [3.8, 4) is 33.4 Å². The second kappa shape index (κ2) is 28.9. The summed E-state index contributed by atoms with van der Waals surface area (Å²) in [5.41, 5.74) is 6.58. The molecule has 3 aliphatic heterocycles. The molecule has 3 amide bonds. The predicted molar refractivity (Wildman–Crippen MR) is 367 cm³/mol. The van der Waals surface area contributed by atoms with Gasteiger partial charge >= 0.3 is 0 Å². The Morgan fingerprint density at radius 2 is 0.698 bits per heavy atom. The molecule has 3 fully saturated rings.